The van der Waals surface area contributed by atoms with Gasteiger partial charge in [-0.3, -0.25) is 19.5 Å². The van der Waals surface area contributed by atoms with E-state index in [9.17, 15) is 14.7 Å². The maximum atomic E-state index is 12.9. The molecule has 0 saturated carbocycles. The van der Waals surface area contributed by atoms with Gasteiger partial charge in [-0.2, -0.15) is 0 Å². The van der Waals surface area contributed by atoms with E-state index < -0.39 is 23.1 Å². The van der Waals surface area contributed by atoms with Gasteiger partial charge in [0.15, 0.2) is 5.76 Å². The molecule has 39 heavy (non-hydrogen) atoms. The van der Waals surface area contributed by atoms with Crippen LogP contribution in [0.15, 0.2) is 76.1 Å². The van der Waals surface area contributed by atoms with E-state index in [-0.39, 0.29) is 12.2 Å². The Hall–Kier alpha value is -4.37. The molecule has 1 N–H and O–H groups in total. The Morgan fingerprint density at radius 2 is 1.79 bits per heavy atom. The molecule has 0 spiro atoms. The van der Waals surface area contributed by atoms with E-state index >= 15 is 0 Å². The molecule has 0 radical (unpaired) electrons. The van der Waals surface area contributed by atoms with Crippen molar-refractivity contribution in [2.45, 2.75) is 18.9 Å². The number of para-hydroxylation sites is 1. The number of hydrogen-bond donors (Lipinski definition) is 1. The molecule has 1 atom stereocenters. The maximum absolute atomic E-state index is 12.9. The highest BCUT2D eigenvalue weighted by molar-refractivity contribution is 5.84. The van der Waals surface area contributed by atoms with Gasteiger partial charge in [0.2, 0.25) is 11.2 Å². The quantitative estimate of drug-likeness (QED) is 0.340. The predicted octanol–water partition coefficient (Wildman–Crippen LogP) is 3.92. The second-order valence-electron chi connectivity index (χ2n) is 9.50. The van der Waals surface area contributed by atoms with Crippen LogP contribution in [0.1, 0.15) is 29.4 Å². The third-order valence-electron chi connectivity index (χ3n) is 7.16. The van der Waals surface area contributed by atoms with Crippen molar-refractivity contribution in [2.24, 2.45) is 0 Å². The third-order valence-corrected chi connectivity index (χ3v) is 7.16. The fourth-order valence-electron chi connectivity index (χ4n) is 5.06. The van der Waals surface area contributed by atoms with Gasteiger partial charge in [0.05, 0.1) is 38.6 Å². The summed E-state index contributed by atoms with van der Waals surface area (Å²) in [6.45, 7) is 3.57. The number of esters is 1. The van der Waals surface area contributed by atoms with E-state index in [2.05, 4.69) is 14.8 Å². The van der Waals surface area contributed by atoms with Crippen LogP contribution in [0.5, 0.6) is 11.5 Å². The Balaban J connectivity index is 1.40. The number of carbonyl (C=O) groups excluding carboxylic acids is 1. The number of anilines is 1. The summed E-state index contributed by atoms with van der Waals surface area (Å²) in [5.41, 5.74) is 2.03. The lowest BCUT2D eigenvalue weighted by Crippen LogP contribution is -2.46. The minimum absolute atomic E-state index is 0.0520. The van der Waals surface area contributed by atoms with Gasteiger partial charge in [-0.05, 0) is 42.0 Å². The first-order valence-electron chi connectivity index (χ1n) is 12.8. The first kappa shape index (κ1) is 26.2. The number of nitrogens with zero attached hydrogens (tertiary/aromatic N) is 3. The predicted molar refractivity (Wildman–Crippen MR) is 147 cm³/mol. The topological polar surface area (TPSA) is 105 Å². The van der Waals surface area contributed by atoms with Crippen LogP contribution >= 0.6 is 0 Å². The number of hydrogen-bond acceptors (Lipinski definition) is 9. The number of aromatic hydroxyl groups is 1. The van der Waals surface area contributed by atoms with Crippen LogP contribution in [-0.2, 0) is 16.1 Å². The van der Waals surface area contributed by atoms with Gasteiger partial charge in [-0.1, -0.05) is 18.2 Å². The number of benzene rings is 2. The van der Waals surface area contributed by atoms with Crippen molar-refractivity contribution in [3.05, 3.63) is 94.2 Å². The molecule has 0 aliphatic carbocycles. The molecule has 202 valence electrons. The maximum Gasteiger partial charge on any atom is 0.306 e. The standard InChI is InChI=1S/C30H31N3O6/c1-37-21-9-7-20(8-10-21)33-15-13-32(14-16-33)19-22-17-27(34)29(36)30(39-22)25(18-28(35)38-2)23-11-12-31-26-6-4-3-5-24(23)26/h3-12,17,25,36H,13-16,18-19H2,1-2H3/t25-/m0/s1. The molecule has 1 aliphatic rings. The first-order chi connectivity index (χ1) is 19.0. The number of fused-ring (bicyclic) bond motifs is 1. The summed E-state index contributed by atoms with van der Waals surface area (Å²) in [5, 5.41) is 11.6. The molecule has 0 unspecified atom stereocenters. The molecule has 9 nitrogen and oxygen atoms in total. The molecule has 0 bridgehead atoms. The SMILES string of the molecule is COC(=O)C[C@H](c1oc(CN2CCN(c3ccc(OC)cc3)CC2)cc(=O)c1O)c1ccnc2ccccc12. The second-order valence-corrected chi connectivity index (χ2v) is 9.50. The van der Waals surface area contributed by atoms with Crippen molar-refractivity contribution in [2.75, 3.05) is 45.3 Å². The lowest BCUT2D eigenvalue weighted by atomic mass is 9.90. The summed E-state index contributed by atoms with van der Waals surface area (Å²) in [4.78, 5) is 34.2. The number of ether oxygens (including phenoxy) is 2. The summed E-state index contributed by atoms with van der Waals surface area (Å²) in [5.74, 6) is -0.415. The summed E-state index contributed by atoms with van der Waals surface area (Å²) in [6.07, 6.45) is 1.54. The van der Waals surface area contributed by atoms with E-state index in [1.807, 2.05) is 48.5 Å². The Labute approximate surface area is 226 Å². The van der Waals surface area contributed by atoms with Crippen LogP contribution in [0.3, 0.4) is 0 Å². The molecule has 1 aliphatic heterocycles. The monoisotopic (exact) mass is 529 g/mol. The van der Waals surface area contributed by atoms with Gasteiger partial charge in [-0.15, -0.1) is 0 Å². The number of aromatic nitrogens is 1. The van der Waals surface area contributed by atoms with Gasteiger partial charge >= 0.3 is 5.97 Å². The van der Waals surface area contributed by atoms with Crippen LogP contribution in [0.4, 0.5) is 5.69 Å². The smallest absolute Gasteiger partial charge is 0.306 e. The summed E-state index contributed by atoms with van der Waals surface area (Å²) in [7, 11) is 2.96. The molecular formula is C30H31N3O6. The largest absolute Gasteiger partial charge is 0.502 e. The Morgan fingerprint density at radius 1 is 1.05 bits per heavy atom. The number of pyridine rings is 1. The molecule has 2 aromatic heterocycles. The lowest BCUT2D eigenvalue weighted by Gasteiger charge is -2.36. The van der Waals surface area contributed by atoms with E-state index in [1.165, 1.54) is 13.2 Å². The van der Waals surface area contributed by atoms with E-state index in [1.54, 1.807) is 19.4 Å². The van der Waals surface area contributed by atoms with E-state index in [4.69, 9.17) is 13.9 Å². The second kappa shape index (κ2) is 11.6. The third kappa shape index (κ3) is 5.73. The number of carbonyl (C=O) groups is 1. The molecule has 4 aromatic rings. The van der Waals surface area contributed by atoms with Gasteiger partial charge in [0.1, 0.15) is 11.5 Å². The van der Waals surface area contributed by atoms with Crippen molar-refractivity contribution in [3.8, 4) is 11.5 Å². The van der Waals surface area contributed by atoms with E-state index in [0.29, 0.717) is 12.3 Å². The van der Waals surface area contributed by atoms with Crippen LogP contribution in [-0.4, -0.2) is 61.4 Å². The van der Waals surface area contributed by atoms with Crippen LogP contribution in [0, 0.1) is 0 Å². The fourth-order valence-corrected chi connectivity index (χ4v) is 5.06. The molecule has 0 amide bonds. The molecule has 5 rings (SSSR count). The summed E-state index contributed by atoms with van der Waals surface area (Å²) < 4.78 is 16.4. The van der Waals surface area contributed by atoms with Gasteiger partial charge in [0, 0.05) is 49.5 Å². The molecule has 9 heteroatoms. The minimum atomic E-state index is -0.732. The minimum Gasteiger partial charge on any atom is -0.502 e. The number of methoxy groups -OCH3 is 2. The van der Waals surface area contributed by atoms with Crippen molar-refractivity contribution in [1.82, 2.24) is 9.88 Å². The van der Waals surface area contributed by atoms with Crippen LogP contribution in [0.25, 0.3) is 10.9 Å². The normalized spacial score (nSPS) is 14.8. The molecule has 2 aromatic carbocycles. The van der Waals surface area contributed by atoms with Crippen molar-refractivity contribution in [1.29, 1.82) is 0 Å². The van der Waals surface area contributed by atoms with Gasteiger partial charge in [-0.25, -0.2) is 0 Å². The zero-order valence-corrected chi connectivity index (χ0v) is 22.0. The van der Waals surface area contributed by atoms with Crippen molar-refractivity contribution < 1.29 is 23.8 Å². The average molecular weight is 530 g/mol. The number of piperazine rings is 1. The highest BCUT2D eigenvalue weighted by Gasteiger charge is 2.28. The molecular weight excluding hydrogens is 498 g/mol. The summed E-state index contributed by atoms with van der Waals surface area (Å²) in [6, 6.07) is 18.6. The first-order valence-corrected chi connectivity index (χ1v) is 12.8. The molecule has 3 heterocycles. The summed E-state index contributed by atoms with van der Waals surface area (Å²) >= 11 is 0. The van der Waals surface area contributed by atoms with Crippen LogP contribution < -0.4 is 15.1 Å². The average Bonchev–Trinajstić information content (AvgIpc) is 2.98. The zero-order valence-electron chi connectivity index (χ0n) is 22.0. The molecule has 1 saturated heterocycles. The zero-order chi connectivity index (χ0) is 27.4. The Morgan fingerprint density at radius 3 is 2.51 bits per heavy atom. The number of rotatable bonds is 8. The van der Waals surface area contributed by atoms with Crippen LogP contribution in [0.2, 0.25) is 0 Å². The van der Waals surface area contributed by atoms with Gasteiger partial charge < -0.3 is 23.9 Å². The Kier molecular flexibility index (Phi) is 7.79. The van der Waals surface area contributed by atoms with Crippen molar-refractivity contribution in [3.63, 3.8) is 0 Å². The van der Waals surface area contributed by atoms with Crippen molar-refractivity contribution >= 4 is 22.6 Å². The highest BCUT2D eigenvalue weighted by atomic mass is 16.5. The Bertz CT molecular complexity index is 1500. The van der Waals surface area contributed by atoms with Gasteiger partial charge in [0.25, 0.3) is 0 Å². The lowest BCUT2D eigenvalue weighted by molar-refractivity contribution is -0.140. The van der Waals surface area contributed by atoms with E-state index in [0.717, 1.165) is 54.1 Å². The fraction of sp³-hybridized carbons (Fsp3) is 0.300. The highest BCUT2D eigenvalue weighted by Crippen LogP contribution is 2.36. The molecule has 1 fully saturated rings.